The average Bonchev–Trinajstić information content (AvgIpc) is 3.78. The first-order chi connectivity index (χ1) is 25.7. The van der Waals surface area contributed by atoms with E-state index in [1.807, 2.05) is 91.0 Å². The average molecular weight is 785 g/mol. The molecule has 8 atom stereocenters. The number of nitrogens with one attached hydrogen (secondary N) is 1. The van der Waals surface area contributed by atoms with E-state index in [0.717, 1.165) is 11.1 Å². The molecule has 6 rings (SSSR count). The maximum absolute atomic E-state index is 15.0. The van der Waals surface area contributed by atoms with Crippen molar-refractivity contribution >= 4 is 39.6 Å². The summed E-state index contributed by atoms with van der Waals surface area (Å²) in [5.41, 5.74) is 1.08. The summed E-state index contributed by atoms with van der Waals surface area (Å²) in [4.78, 5) is 59.8. The number of carbonyl (C=O) groups is 4. The summed E-state index contributed by atoms with van der Waals surface area (Å²) in [6.07, 6.45) is 3.04. The highest BCUT2D eigenvalue weighted by Crippen LogP contribution is 2.61. The molecule has 3 aromatic carbocycles. The monoisotopic (exact) mass is 783 g/mol. The van der Waals surface area contributed by atoms with Crippen LogP contribution in [0.5, 0.6) is 0 Å². The summed E-state index contributed by atoms with van der Waals surface area (Å²) in [6, 6.07) is 26.2. The smallest absolute Gasteiger partial charge is 0.313 e. The van der Waals surface area contributed by atoms with Gasteiger partial charge in [-0.05, 0) is 36.0 Å². The Hall–Kier alpha value is -4.58. The molecule has 11 heteroatoms. The number of fused-ring (bicyclic) bond motifs is 1. The third-order valence-corrected chi connectivity index (χ3v) is 11.4. The highest BCUT2D eigenvalue weighted by atomic mass is 79.9. The van der Waals surface area contributed by atoms with E-state index in [2.05, 4.69) is 34.4 Å². The number of alkyl halides is 1. The second kappa shape index (κ2) is 17.0. The number of allylic oxidation sites excluding steroid dienone is 1. The van der Waals surface area contributed by atoms with Crippen molar-refractivity contribution in [3.05, 3.63) is 133 Å². The summed E-state index contributed by atoms with van der Waals surface area (Å²) < 4.78 is 13.0. The lowest BCUT2D eigenvalue weighted by Gasteiger charge is -2.39. The van der Waals surface area contributed by atoms with Crippen LogP contribution in [0.15, 0.2) is 116 Å². The zero-order valence-electron chi connectivity index (χ0n) is 29.6. The molecule has 0 radical (unpaired) electrons. The minimum atomic E-state index is -1.38. The lowest BCUT2D eigenvalue weighted by atomic mass is 9.70. The van der Waals surface area contributed by atoms with Crippen molar-refractivity contribution in [3.63, 3.8) is 0 Å². The molecule has 3 amide bonds. The molecule has 3 saturated heterocycles. The Labute approximate surface area is 319 Å². The van der Waals surface area contributed by atoms with Crippen LogP contribution in [-0.2, 0) is 41.6 Å². The Bertz CT molecular complexity index is 1780. The fraction of sp³-hybridized carbons (Fsp3) is 0.381. The first kappa shape index (κ1) is 38.2. The Morgan fingerprint density at radius 1 is 1.00 bits per heavy atom. The van der Waals surface area contributed by atoms with Gasteiger partial charge in [0.25, 0.3) is 0 Å². The van der Waals surface area contributed by atoms with Crippen molar-refractivity contribution in [1.82, 2.24) is 15.1 Å². The maximum atomic E-state index is 15.0. The van der Waals surface area contributed by atoms with Gasteiger partial charge in [0.1, 0.15) is 17.7 Å². The number of benzene rings is 3. The summed E-state index contributed by atoms with van der Waals surface area (Å²) in [7, 11) is 0. The molecule has 3 aliphatic rings. The number of nitrogens with zero attached hydrogens (tertiary/aromatic N) is 2. The molecule has 0 aromatic heterocycles. The van der Waals surface area contributed by atoms with Crippen LogP contribution < -0.4 is 5.32 Å². The van der Waals surface area contributed by atoms with Crippen LogP contribution in [0.2, 0.25) is 0 Å². The maximum Gasteiger partial charge on any atom is 0.313 e. The molecular formula is C42H46BrN3O7. The van der Waals surface area contributed by atoms with Crippen LogP contribution in [0.3, 0.4) is 0 Å². The molecule has 0 saturated carbocycles. The number of hydrogen-bond donors (Lipinski definition) is 2. The van der Waals surface area contributed by atoms with Crippen LogP contribution in [0, 0.1) is 11.8 Å². The van der Waals surface area contributed by atoms with Gasteiger partial charge in [0.05, 0.1) is 37.1 Å². The van der Waals surface area contributed by atoms with Crippen molar-refractivity contribution in [3.8, 4) is 0 Å². The molecule has 2 bridgehead atoms. The first-order valence-electron chi connectivity index (χ1n) is 18.1. The fourth-order valence-electron chi connectivity index (χ4n) is 8.15. The quantitative estimate of drug-likeness (QED) is 0.113. The molecule has 53 heavy (non-hydrogen) atoms. The van der Waals surface area contributed by atoms with Gasteiger partial charge in [0.2, 0.25) is 17.7 Å². The zero-order chi connectivity index (χ0) is 37.5. The van der Waals surface area contributed by atoms with E-state index in [1.165, 1.54) is 4.90 Å². The fourth-order valence-corrected chi connectivity index (χ4v) is 9.10. The Morgan fingerprint density at radius 3 is 2.26 bits per heavy atom. The molecule has 10 nitrogen and oxygen atoms in total. The number of aliphatic hydroxyl groups excluding tert-OH is 1. The minimum Gasteiger partial charge on any atom is -0.455 e. The molecule has 3 aliphatic heterocycles. The van der Waals surface area contributed by atoms with Gasteiger partial charge in [-0.2, -0.15) is 0 Å². The summed E-state index contributed by atoms with van der Waals surface area (Å²) in [5.74, 6) is -3.75. The van der Waals surface area contributed by atoms with Crippen LogP contribution in [0.25, 0.3) is 0 Å². The molecular weight excluding hydrogens is 738 g/mol. The van der Waals surface area contributed by atoms with E-state index in [-0.39, 0.29) is 49.1 Å². The number of esters is 1. The van der Waals surface area contributed by atoms with E-state index >= 15 is 4.79 Å². The molecule has 3 heterocycles. The Balaban J connectivity index is 1.36. The number of rotatable bonds is 17. The lowest BCUT2D eigenvalue weighted by molar-refractivity contribution is -0.161. The predicted octanol–water partition coefficient (Wildman–Crippen LogP) is 4.92. The summed E-state index contributed by atoms with van der Waals surface area (Å²) in [6.45, 7) is 7.66. The van der Waals surface area contributed by atoms with Crippen molar-refractivity contribution in [2.24, 2.45) is 11.8 Å². The van der Waals surface area contributed by atoms with Crippen molar-refractivity contribution in [1.29, 1.82) is 0 Å². The highest BCUT2D eigenvalue weighted by molar-refractivity contribution is 9.09. The first-order valence-corrected chi connectivity index (χ1v) is 19.0. The summed E-state index contributed by atoms with van der Waals surface area (Å²) >= 11 is 3.75. The topological polar surface area (TPSA) is 125 Å². The predicted molar refractivity (Wildman–Crippen MR) is 203 cm³/mol. The molecule has 3 fully saturated rings. The second-order valence-corrected chi connectivity index (χ2v) is 15.1. The molecule has 1 unspecified atom stereocenters. The normalized spacial score (nSPS) is 25.3. The molecule has 3 aromatic rings. The number of aliphatic hydroxyl groups is 1. The van der Waals surface area contributed by atoms with E-state index in [9.17, 15) is 19.5 Å². The van der Waals surface area contributed by atoms with Gasteiger partial charge in [-0.15, -0.1) is 13.2 Å². The SMILES string of the molecule is C=CCCC(=O)NC[C@@H](OC(=O)[C@H]1[C@@H]2O[C@@]3(CC2Br)[C@@H]1C(=O)N([C@@H](CO)Cc1ccccc1)[C@@H]3C(=O)N(CC=C)Cc1ccccc1)c1ccccc1. The van der Waals surface area contributed by atoms with Crippen LogP contribution in [0.4, 0.5) is 0 Å². The van der Waals surface area contributed by atoms with Crippen molar-refractivity contribution < 1.29 is 33.8 Å². The van der Waals surface area contributed by atoms with Crippen molar-refractivity contribution in [2.75, 3.05) is 19.7 Å². The van der Waals surface area contributed by atoms with Gasteiger partial charge < -0.3 is 29.7 Å². The second-order valence-electron chi connectivity index (χ2n) is 13.9. The lowest BCUT2D eigenvalue weighted by Crippen LogP contribution is -2.59. The van der Waals surface area contributed by atoms with E-state index in [1.54, 1.807) is 17.1 Å². The van der Waals surface area contributed by atoms with Gasteiger partial charge in [-0.1, -0.05) is 119 Å². The molecule has 0 aliphatic carbocycles. The summed E-state index contributed by atoms with van der Waals surface area (Å²) in [5, 5.41) is 13.7. The van der Waals surface area contributed by atoms with Crippen molar-refractivity contribution in [2.45, 2.75) is 66.9 Å². The van der Waals surface area contributed by atoms with Gasteiger partial charge in [-0.3, -0.25) is 19.2 Å². The number of carbonyl (C=O) groups excluding carboxylic acids is 4. The van der Waals surface area contributed by atoms with E-state index < -0.39 is 60.2 Å². The number of amides is 3. The van der Waals surface area contributed by atoms with Crippen LogP contribution in [-0.4, -0.2) is 86.9 Å². The minimum absolute atomic E-state index is 0.0262. The third-order valence-electron chi connectivity index (χ3n) is 10.5. The van der Waals surface area contributed by atoms with Gasteiger partial charge >= 0.3 is 5.97 Å². The largest absolute Gasteiger partial charge is 0.455 e. The number of ether oxygens (including phenoxy) is 2. The van der Waals surface area contributed by atoms with Crippen LogP contribution in [0.1, 0.15) is 42.1 Å². The number of likely N-dealkylation sites (tertiary alicyclic amines) is 1. The molecule has 2 N–H and O–H groups in total. The van der Waals surface area contributed by atoms with E-state index in [4.69, 9.17) is 9.47 Å². The Morgan fingerprint density at radius 2 is 1.64 bits per heavy atom. The molecule has 1 spiro atoms. The third kappa shape index (κ3) is 7.88. The van der Waals surface area contributed by atoms with Gasteiger partial charge in [-0.25, -0.2) is 0 Å². The van der Waals surface area contributed by atoms with Gasteiger partial charge in [0, 0.05) is 24.3 Å². The standard InChI is InChI=1S/C42H46BrN3O7/c1-3-5-21-34(48)44-25-33(30-19-13-8-14-20-30)52-41(51)35-36-39(49)46(31(27-47)23-28-15-9-6-10-16-28)38(42(36)24-32(43)37(35)53-42)40(50)45(22-4-2)26-29-17-11-7-12-18-29/h3-4,6-20,31-33,35-38,47H,1-2,5,21-27H2,(H,44,48)/t31-,32?,33-,35-,36+,37-,38-,42+/m1/s1. The number of hydrogen-bond acceptors (Lipinski definition) is 7. The van der Waals surface area contributed by atoms with Gasteiger partial charge in [0.15, 0.2) is 0 Å². The van der Waals surface area contributed by atoms with E-state index in [0.29, 0.717) is 18.4 Å². The van der Waals surface area contributed by atoms with Crippen LogP contribution >= 0.6 is 15.9 Å². The highest BCUT2D eigenvalue weighted by Gasteiger charge is 2.77. The molecule has 278 valence electrons. The number of halogens is 1. The zero-order valence-corrected chi connectivity index (χ0v) is 31.2. The Kier molecular flexibility index (Phi) is 12.3.